The van der Waals surface area contributed by atoms with Crippen molar-refractivity contribution in [3.63, 3.8) is 0 Å². The van der Waals surface area contributed by atoms with E-state index in [0.29, 0.717) is 17.3 Å². The van der Waals surface area contributed by atoms with Crippen molar-refractivity contribution in [3.8, 4) is 0 Å². The molecule has 1 aromatic heterocycles. The summed E-state index contributed by atoms with van der Waals surface area (Å²) in [5.41, 5.74) is 0.344. The first-order valence-corrected chi connectivity index (χ1v) is 7.01. The van der Waals surface area contributed by atoms with E-state index >= 15 is 0 Å². The number of aromatic nitrogens is 2. The Balaban J connectivity index is 2.09. The molecule has 0 aliphatic rings. The van der Waals surface area contributed by atoms with Crippen LogP contribution in [-0.4, -0.2) is 22.7 Å². The summed E-state index contributed by atoms with van der Waals surface area (Å²) < 4.78 is 31.7. The van der Waals surface area contributed by atoms with Crippen LogP contribution in [0.4, 0.5) is 8.78 Å². The number of rotatable bonds is 6. The van der Waals surface area contributed by atoms with Gasteiger partial charge >= 0.3 is 0 Å². The Kier molecular flexibility index (Phi) is 5.01. The molecule has 0 aliphatic carbocycles. The quantitative estimate of drug-likeness (QED) is 0.890. The van der Waals surface area contributed by atoms with Crippen molar-refractivity contribution >= 4 is 0 Å². The number of nitrogens with zero attached hydrogens (tertiary/aromatic N) is 2. The largest absolute Gasteiger partial charge is 0.339 e. The molecule has 0 saturated carbocycles. The SMILES string of the molecule is CCNC(C)C(C)c1nc(Cc2ccc(F)cc2F)no1. The molecule has 0 aliphatic heterocycles. The topological polar surface area (TPSA) is 51.0 Å². The lowest BCUT2D eigenvalue weighted by atomic mass is 10.0. The molecule has 0 saturated heterocycles. The number of likely N-dealkylation sites (N-methyl/N-ethyl adjacent to an activating group) is 1. The molecule has 0 bridgehead atoms. The molecule has 6 heteroatoms. The number of hydrogen-bond acceptors (Lipinski definition) is 4. The molecule has 2 rings (SSSR count). The predicted octanol–water partition coefficient (Wildman–Crippen LogP) is 3.04. The van der Waals surface area contributed by atoms with Crippen LogP contribution < -0.4 is 5.32 Å². The summed E-state index contributed by atoms with van der Waals surface area (Å²) in [7, 11) is 0. The normalized spacial score (nSPS) is 14.1. The van der Waals surface area contributed by atoms with Crippen LogP contribution >= 0.6 is 0 Å². The molecule has 0 fully saturated rings. The van der Waals surface area contributed by atoms with Gasteiger partial charge in [0.1, 0.15) is 11.6 Å². The third-order valence-corrected chi connectivity index (χ3v) is 3.51. The minimum atomic E-state index is -0.601. The summed E-state index contributed by atoms with van der Waals surface area (Å²) in [6, 6.07) is 3.67. The highest BCUT2D eigenvalue weighted by molar-refractivity contribution is 5.21. The van der Waals surface area contributed by atoms with E-state index in [1.807, 2.05) is 20.8 Å². The molecule has 114 valence electrons. The lowest BCUT2D eigenvalue weighted by Crippen LogP contribution is -2.30. The highest BCUT2D eigenvalue weighted by Gasteiger charge is 2.20. The standard InChI is InChI=1S/C15H19F2N3O/c1-4-18-10(3)9(2)15-19-14(20-21-15)7-11-5-6-12(16)8-13(11)17/h5-6,8-10,18H,4,7H2,1-3H3. The second kappa shape index (κ2) is 6.76. The molecule has 1 N–H and O–H groups in total. The molecule has 1 heterocycles. The van der Waals surface area contributed by atoms with Crippen molar-refractivity contribution in [3.05, 3.63) is 47.1 Å². The van der Waals surface area contributed by atoms with Crippen LogP contribution in [0.3, 0.4) is 0 Å². The average Bonchev–Trinajstić information content (AvgIpc) is 2.90. The van der Waals surface area contributed by atoms with Gasteiger partial charge in [-0.05, 0) is 25.1 Å². The first kappa shape index (κ1) is 15.6. The van der Waals surface area contributed by atoms with Gasteiger partial charge in [0.15, 0.2) is 5.82 Å². The molecule has 2 aromatic rings. The Bertz CT molecular complexity index is 600. The van der Waals surface area contributed by atoms with Crippen molar-refractivity contribution in [2.24, 2.45) is 0 Å². The molecule has 21 heavy (non-hydrogen) atoms. The zero-order valence-corrected chi connectivity index (χ0v) is 12.4. The van der Waals surface area contributed by atoms with E-state index in [1.54, 1.807) is 0 Å². The Hall–Kier alpha value is -1.82. The van der Waals surface area contributed by atoms with Crippen molar-refractivity contribution in [1.82, 2.24) is 15.5 Å². The zero-order chi connectivity index (χ0) is 15.4. The van der Waals surface area contributed by atoms with Gasteiger partial charge in [-0.25, -0.2) is 8.78 Å². The van der Waals surface area contributed by atoms with Crippen LogP contribution in [0, 0.1) is 11.6 Å². The van der Waals surface area contributed by atoms with Gasteiger partial charge in [-0.15, -0.1) is 0 Å². The summed E-state index contributed by atoms with van der Waals surface area (Å²) in [5.74, 6) is -0.232. The molecule has 0 amide bonds. The molecule has 1 aromatic carbocycles. The van der Waals surface area contributed by atoms with Crippen LogP contribution in [-0.2, 0) is 6.42 Å². The second-order valence-electron chi connectivity index (χ2n) is 5.10. The Labute approximate surface area is 122 Å². The van der Waals surface area contributed by atoms with Crippen molar-refractivity contribution < 1.29 is 13.3 Å². The number of hydrogen-bond donors (Lipinski definition) is 1. The summed E-state index contributed by atoms with van der Waals surface area (Å²) in [4.78, 5) is 4.29. The van der Waals surface area contributed by atoms with Crippen LogP contribution in [0.1, 0.15) is 44.0 Å². The van der Waals surface area contributed by atoms with E-state index in [-0.39, 0.29) is 18.4 Å². The maximum absolute atomic E-state index is 13.6. The number of nitrogens with one attached hydrogen (secondary N) is 1. The summed E-state index contributed by atoms with van der Waals surface area (Å²) in [6.07, 6.45) is 0.178. The lowest BCUT2D eigenvalue weighted by Gasteiger charge is -2.16. The first-order chi connectivity index (χ1) is 10.0. The zero-order valence-electron chi connectivity index (χ0n) is 12.4. The lowest BCUT2D eigenvalue weighted by molar-refractivity contribution is 0.330. The fourth-order valence-electron chi connectivity index (χ4n) is 2.07. The van der Waals surface area contributed by atoms with Gasteiger partial charge in [0.25, 0.3) is 0 Å². The molecule has 0 radical (unpaired) electrons. The van der Waals surface area contributed by atoms with Gasteiger partial charge in [-0.2, -0.15) is 4.98 Å². The molecule has 0 spiro atoms. The molecule has 4 nitrogen and oxygen atoms in total. The maximum atomic E-state index is 13.6. The molecule has 2 unspecified atom stereocenters. The van der Waals surface area contributed by atoms with Crippen molar-refractivity contribution in [2.75, 3.05) is 6.54 Å². The van der Waals surface area contributed by atoms with Crippen LogP contribution in [0.2, 0.25) is 0 Å². The third-order valence-electron chi connectivity index (χ3n) is 3.51. The summed E-state index contributed by atoms with van der Waals surface area (Å²) >= 11 is 0. The minimum Gasteiger partial charge on any atom is -0.339 e. The Morgan fingerprint density at radius 3 is 2.71 bits per heavy atom. The van der Waals surface area contributed by atoms with Gasteiger partial charge < -0.3 is 9.84 Å². The van der Waals surface area contributed by atoms with Crippen LogP contribution in [0.5, 0.6) is 0 Å². The predicted molar refractivity (Wildman–Crippen MR) is 75.0 cm³/mol. The first-order valence-electron chi connectivity index (χ1n) is 7.01. The van der Waals surface area contributed by atoms with Gasteiger partial charge in [0, 0.05) is 18.5 Å². The molecular formula is C15H19F2N3O. The minimum absolute atomic E-state index is 0.0595. The monoisotopic (exact) mass is 295 g/mol. The highest BCUT2D eigenvalue weighted by atomic mass is 19.1. The highest BCUT2D eigenvalue weighted by Crippen LogP contribution is 2.19. The van der Waals surface area contributed by atoms with E-state index in [9.17, 15) is 8.78 Å². The van der Waals surface area contributed by atoms with E-state index < -0.39 is 11.6 Å². The Morgan fingerprint density at radius 2 is 2.05 bits per heavy atom. The molecule has 2 atom stereocenters. The fourth-order valence-corrected chi connectivity index (χ4v) is 2.07. The summed E-state index contributed by atoms with van der Waals surface area (Å²) in [5, 5.41) is 7.15. The second-order valence-corrected chi connectivity index (χ2v) is 5.10. The fraction of sp³-hybridized carbons (Fsp3) is 0.467. The number of benzene rings is 1. The smallest absolute Gasteiger partial charge is 0.231 e. The van der Waals surface area contributed by atoms with Crippen LogP contribution in [0.25, 0.3) is 0 Å². The molecular weight excluding hydrogens is 276 g/mol. The van der Waals surface area contributed by atoms with E-state index in [4.69, 9.17) is 4.52 Å². The van der Waals surface area contributed by atoms with Gasteiger partial charge in [-0.1, -0.05) is 25.1 Å². The van der Waals surface area contributed by atoms with E-state index in [2.05, 4.69) is 15.5 Å². The van der Waals surface area contributed by atoms with Crippen LogP contribution in [0.15, 0.2) is 22.7 Å². The van der Waals surface area contributed by atoms with Crippen molar-refractivity contribution in [1.29, 1.82) is 0 Å². The average molecular weight is 295 g/mol. The van der Waals surface area contributed by atoms with Gasteiger partial charge in [0.05, 0.1) is 5.92 Å². The third kappa shape index (κ3) is 3.85. The van der Waals surface area contributed by atoms with Gasteiger partial charge in [0.2, 0.25) is 5.89 Å². The maximum Gasteiger partial charge on any atom is 0.231 e. The van der Waals surface area contributed by atoms with E-state index in [1.165, 1.54) is 12.1 Å². The van der Waals surface area contributed by atoms with Gasteiger partial charge in [-0.3, -0.25) is 0 Å². The summed E-state index contributed by atoms with van der Waals surface area (Å²) in [6.45, 7) is 6.91. The van der Waals surface area contributed by atoms with E-state index in [0.717, 1.165) is 12.6 Å². The number of halogens is 2. The van der Waals surface area contributed by atoms with Crippen molar-refractivity contribution in [2.45, 2.75) is 39.2 Å². The Morgan fingerprint density at radius 1 is 1.29 bits per heavy atom.